The number of benzene rings is 1. The van der Waals surface area contributed by atoms with Crippen molar-refractivity contribution in [2.75, 3.05) is 5.32 Å². The molecule has 0 saturated heterocycles. The molecule has 1 aromatic rings. The number of aromatic hydroxyl groups is 1. The van der Waals surface area contributed by atoms with Gasteiger partial charge in [0.15, 0.2) is 0 Å². The smallest absolute Gasteiger partial charge is 2.00 e. The number of rotatable bonds is 6. The number of carboxylic acid groups (broad SMARTS) is 1. The largest absolute Gasteiger partial charge is 2.00 e. The van der Waals surface area contributed by atoms with Gasteiger partial charge in [-0.05, 0) is 37.8 Å². The van der Waals surface area contributed by atoms with Crippen LogP contribution in [0.4, 0.5) is 5.69 Å². The van der Waals surface area contributed by atoms with E-state index in [4.69, 9.17) is 26.2 Å². The number of anilines is 1. The van der Waals surface area contributed by atoms with E-state index < -0.39 is 34.6 Å². The second-order valence-corrected chi connectivity index (χ2v) is 4.79. The minimum atomic E-state index is -1.46. The van der Waals surface area contributed by atoms with E-state index in [2.05, 4.69) is 18.6 Å². The Morgan fingerprint density at radius 2 is 1.53 bits per heavy atom. The van der Waals surface area contributed by atoms with Gasteiger partial charge in [-0.3, -0.25) is 9.59 Å². The Kier molecular flexibility index (Phi) is 18.9. The van der Waals surface area contributed by atoms with Crippen molar-refractivity contribution >= 4 is 23.3 Å². The van der Waals surface area contributed by atoms with Gasteiger partial charge in [0.05, 0.1) is 11.3 Å². The predicted octanol–water partition coefficient (Wildman–Crippen LogP) is 0.876. The van der Waals surface area contributed by atoms with Gasteiger partial charge in [-0.15, -0.1) is 0 Å². The number of phenolic OH excluding ortho intramolecular Hbond substituents is 1. The van der Waals surface area contributed by atoms with Crippen LogP contribution in [0.5, 0.6) is 11.5 Å². The summed E-state index contributed by atoms with van der Waals surface area (Å²) >= 11 is 0. The van der Waals surface area contributed by atoms with Crippen LogP contribution < -0.4 is 10.4 Å². The number of nitrogens with zero attached hydrogens (tertiary/aromatic N) is 1. The Balaban J connectivity index is -0.000000955. The summed E-state index contributed by atoms with van der Waals surface area (Å²) in [6, 6.07) is 1.96. The first-order chi connectivity index (χ1) is 13.9. The van der Waals surface area contributed by atoms with Gasteiger partial charge in [0.25, 0.3) is 0 Å². The molecule has 3 N–H and O–H groups in total. The molecule has 0 bridgehead atoms. The molecule has 1 aliphatic rings. The number of hydrogen-bond donors (Lipinski definition) is 3. The molecule has 0 aromatic heterocycles. The van der Waals surface area contributed by atoms with Crippen molar-refractivity contribution < 1.29 is 56.1 Å². The summed E-state index contributed by atoms with van der Waals surface area (Å²) in [5.41, 5.74) is -1.07. The van der Waals surface area contributed by atoms with E-state index >= 15 is 0 Å². The second kappa shape index (κ2) is 18.0. The van der Waals surface area contributed by atoms with Crippen LogP contribution >= 0.6 is 0 Å². The predicted molar refractivity (Wildman–Crippen MR) is 90.7 cm³/mol. The maximum Gasteiger partial charge on any atom is 2.00 e. The number of ketones is 1. The van der Waals surface area contributed by atoms with Crippen LogP contribution in [-0.4, -0.2) is 27.9 Å². The molecular formula is C19H13FeN2O8. The molecule has 30 heavy (non-hydrogen) atoms. The van der Waals surface area contributed by atoms with Crippen molar-refractivity contribution in [1.29, 1.82) is 5.26 Å². The SMILES string of the molecule is O=C(CCC(=O)[C]1[CH][CH][CH][CH]1)Nc1c(O)ccc(C(=O)O)c1[O-].[C-]#N.[C-]#[O+].[C-]#[O+].[Fe+2]. The maximum absolute atomic E-state index is 11.9. The zero-order valence-electron chi connectivity index (χ0n) is 15.0. The minimum Gasteiger partial charge on any atom is 2.00 e. The third kappa shape index (κ3) is 9.92. The first kappa shape index (κ1) is 31.6. The second-order valence-electron chi connectivity index (χ2n) is 4.79. The summed E-state index contributed by atoms with van der Waals surface area (Å²) < 4.78 is 15.0. The minimum absolute atomic E-state index is 0. The van der Waals surface area contributed by atoms with Crippen molar-refractivity contribution in [2.45, 2.75) is 12.8 Å². The van der Waals surface area contributed by atoms with Gasteiger partial charge >= 0.3 is 45.6 Å². The molecule has 1 fully saturated rings. The Bertz CT molecular complexity index is 754. The van der Waals surface area contributed by atoms with Gasteiger partial charge in [0, 0.05) is 18.8 Å². The molecule has 0 aliphatic heterocycles. The molecule has 1 aromatic carbocycles. The number of carbonyl (C=O) groups excluding carboxylic acids is 2. The zero-order valence-corrected chi connectivity index (χ0v) is 16.1. The summed E-state index contributed by atoms with van der Waals surface area (Å²) in [5.74, 6) is -3.39. The van der Waals surface area contributed by atoms with Gasteiger partial charge < -0.3 is 32.5 Å². The third-order valence-corrected chi connectivity index (χ3v) is 3.19. The van der Waals surface area contributed by atoms with E-state index in [9.17, 15) is 24.6 Å². The van der Waals surface area contributed by atoms with Gasteiger partial charge in [0.2, 0.25) is 5.91 Å². The Hall–Kier alpha value is -3.08. The standard InChI is InChI=1S/C16H14NO6.CN.2CO.Fe/c18-11(9-3-1-2-4-9)7-8-13(20)17-14-12(19)6-5-10(15(14)21)16(22)23;3*1-2;/h1-6,19,21H,7-8H2,(H,17,20)(H,22,23);;;;/q;-1;;;+2/p-1. The fourth-order valence-corrected chi connectivity index (χ4v) is 1.99. The number of carbonyl (C=O) groups is 3. The number of Topliss-reactive ketones (excluding diaryl/α,β-unsaturated/α-hetero) is 1. The van der Waals surface area contributed by atoms with E-state index in [-0.39, 0.29) is 35.7 Å². The van der Waals surface area contributed by atoms with Crippen molar-refractivity contribution in [3.8, 4) is 11.5 Å². The van der Waals surface area contributed by atoms with Crippen LogP contribution in [0.1, 0.15) is 23.2 Å². The maximum atomic E-state index is 11.9. The molecule has 11 heteroatoms. The van der Waals surface area contributed by atoms with Crippen molar-refractivity contribution in [3.05, 3.63) is 69.2 Å². The normalized spacial score (nSPS) is 11.4. The zero-order chi connectivity index (χ0) is 23.0. The van der Waals surface area contributed by atoms with Crippen molar-refractivity contribution in [2.24, 2.45) is 0 Å². The van der Waals surface area contributed by atoms with E-state index in [0.717, 1.165) is 12.1 Å². The molecule has 0 unspecified atom stereocenters. The summed E-state index contributed by atoms with van der Waals surface area (Å²) in [7, 11) is 0. The van der Waals surface area contributed by atoms with Gasteiger partial charge in [-0.1, -0.05) is 5.75 Å². The molecule has 1 aliphatic carbocycles. The van der Waals surface area contributed by atoms with E-state index in [1.54, 1.807) is 25.7 Å². The Morgan fingerprint density at radius 1 is 1.03 bits per heavy atom. The fourth-order valence-electron chi connectivity index (χ4n) is 1.99. The van der Waals surface area contributed by atoms with Crippen molar-refractivity contribution in [3.63, 3.8) is 0 Å². The quantitative estimate of drug-likeness (QED) is 0.246. The van der Waals surface area contributed by atoms with Crippen LogP contribution in [0.25, 0.3) is 0 Å². The van der Waals surface area contributed by atoms with E-state index in [0.29, 0.717) is 5.92 Å². The number of carboxylic acids is 1. The number of nitrogens with one attached hydrogen (secondary N) is 1. The molecule has 0 atom stereocenters. The number of aromatic carboxylic acids is 1. The van der Waals surface area contributed by atoms with Crippen LogP contribution in [0.15, 0.2) is 12.1 Å². The van der Waals surface area contributed by atoms with Gasteiger partial charge in [0.1, 0.15) is 11.5 Å². The number of phenols is 1. The number of amides is 1. The van der Waals surface area contributed by atoms with Crippen molar-refractivity contribution in [1.82, 2.24) is 0 Å². The molecule has 1 amide bonds. The van der Waals surface area contributed by atoms with Crippen LogP contribution in [0, 0.1) is 56.7 Å². The Morgan fingerprint density at radius 3 is 2.00 bits per heavy atom. The molecule has 155 valence electrons. The first-order valence-corrected chi connectivity index (χ1v) is 7.34. The molecule has 10 nitrogen and oxygen atoms in total. The average Bonchev–Trinajstić information content (AvgIpc) is 3.28. The molecule has 0 heterocycles. The first-order valence-electron chi connectivity index (χ1n) is 7.34. The van der Waals surface area contributed by atoms with Crippen LogP contribution in [0.2, 0.25) is 0 Å². The van der Waals surface area contributed by atoms with Crippen LogP contribution in [-0.2, 0) is 36.0 Å². The average molecular weight is 453 g/mol. The van der Waals surface area contributed by atoms with Crippen LogP contribution in [0.3, 0.4) is 0 Å². The summed E-state index contributed by atoms with van der Waals surface area (Å²) in [4.78, 5) is 34.5. The number of hydrogen-bond acceptors (Lipinski definition) is 6. The molecular weight excluding hydrogens is 440 g/mol. The Labute approximate surface area is 183 Å². The molecule has 2 rings (SSSR count). The van der Waals surface area contributed by atoms with E-state index in [1.807, 2.05) is 0 Å². The molecule has 5 radical (unpaired) electrons. The monoisotopic (exact) mass is 453 g/mol. The molecule has 0 spiro atoms. The molecule has 1 saturated carbocycles. The van der Waals surface area contributed by atoms with Gasteiger partial charge in [-0.25, -0.2) is 4.79 Å². The van der Waals surface area contributed by atoms with Gasteiger partial charge in [-0.2, -0.15) is 0 Å². The fraction of sp³-hybridized carbons (Fsp3) is 0.105. The third-order valence-electron chi connectivity index (χ3n) is 3.19. The summed E-state index contributed by atoms with van der Waals surface area (Å²) in [5, 5.41) is 38.7. The van der Waals surface area contributed by atoms with E-state index in [1.165, 1.54) is 0 Å². The summed E-state index contributed by atoms with van der Waals surface area (Å²) in [6.45, 7) is 13.8. The topological polar surface area (TPSA) is 190 Å². The summed E-state index contributed by atoms with van der Waals surface area (Å²) in [6.07, 6.45) is 6.39.